The summed E-state index contributed by atoms with van der Waals surface area (Å²) in [6.07, 6.45) is 0.0959. The average molecular weight is 314 g/mol. The second-order valence-electron chi connectivity index (χ2n) is 5.46. The number of morpholine rings is 1. The third-order valence-corrected chi connectivity index (χ3v) is 3.47. The maximum Gasteiger partial charge on any atom is 0.0952 e. The van der Waals surface area contributed by atoms with Crippen molar-refractivity contribution < 1.29 is 9.84 Å². The Hall–Kier alpha value is -0.420. The van der Waals surface area contributed by atoms with E-state index in [9.17, 15) is 5.11 Å². The van der Waals surface area contributed by atoms with Crippen LogP contribution < -0.4 is 0 Å². The Bertz CT molecular complexity index is 403. The van der Waals surface area contributed by atoms with Gasteiger partial charge >= 0.3 is 0 Å². The van der Waals surface area contributed by atoms with E-state index in [0.29, 0.717) is 13.2 Å². The summed E-state index contributed by atoms with van der Waals surface area (Å²) >= 11 is 3.48. The van der Waals surface area contributed by atoms with Crippen LogP contribution in [0.3, 0.4) is 0 Å². The molecule has 18 heavy (non-hydrogen) atoms. The molecular formula is C14H20BrNO2. The molecule has 1 fully saturated rings. The second-order valence-corrected chi connectivity index (χ2v) is 6.38. The zero-order valence-electron chi connectivity index (χ0n) is 10.9. The molecule has 1 saturated heterocycles. The van der Waals surface area contributed by atoms with E-state index in [-0.39, 0.29) is 6.10 Å². The molecule has 4 heteroatoms. The Morgan fingerprint density at radius 3 is 2.94 bits per heavy atom. The SMILES string of the molecule is CC(C)(O)CN1CCOC(c2cccc(Br)c2)C1. The zero-order chi connectivity index (χ0) is 13.2. The zero-order valence-corrected chi connectivity index (χ0v) is 12.5. The molecule has 0 saturated carbocycles. The monoisotopic (exact) mass is 313 g/mol. The number of aliphatic hydroxyl groups is 1. The van der Waals surface area contributed by atoms with Crippen molar-refractivity contribution in [1.29, 1.82) is 0 Å². The molecule has 1 unspecified atom stereocenters. The first-order valence-corrected chi connectivity index (χ1v) is 7.05. The minimum absolute atomic E-state index is 0.0959. The molecule has 1 aliphatic rings. The summed E-state index contributed by atoms with van der Waals surface area (Å²) in [7, 11) is 0. The summed E-state index contributed by atoms with van der Waals surface area (Å²) in [5, 5.41) is 9.88. The maximum absolute atomic E-state index is 9.88. The molecule has 100 valence electrons. The van der Waals surface area contributed by atoms with Gasteiger partial charge in [0.2, 0.25) is 0 Å². The Morgan fingerprint density at radius 2 is 2.28 bits per heavy atom. The van der Waals surface area contributed by atoms with E-state index in [1.54, 1.807) is 0 Å². The molecule has 0 bridgehead atoms. The number of halogens is 1. The fraction of sp³-hybridized carbons (Fsp3) is 0.571. The molecule has 3 nitrogen and oxygen atoms in total. The maximum atomic E-state index is 9.88. The van der Waals surface area contributed by atoms with Crippen molar-refractivity contribution in [1.82, 2.24) is 4.90 Å². The summed E-state index contributed by atoms with van der Waals surface area (Å²) in [6, 6.07) is 8.22. The number of hydrogen-bond donors (Lipinski definition) is 1. The molecule has 0 aliphatic carbocycles. The quantitative estimate of drug-likeness (QED) is 0.931. The van der Waals surface area contributed by atoms with Crippen molar-refractivity contribution in [2.24, 2.45) is 0 Å². The van der Waals surface area contributed by atoms with Gasteiger partial charge in [-0.15, -0.1) is 0 Å². The molecule has 1 N–H and O–H groups in total. The third kappa shape index (κ3) is 4.05. The molecule has 0 aromatic heterocycles. The molecule has 1 heterocycles. The van der Waals surface area contributed by atoms with Gasteiger partial charge in [-0.2, -0.15) is 0 Å². The van der Waals surface area contributed by atoms with Gasteiger partial charge in [-0.05, 0) is 31.5 Å². The van der Waals surface area contributed by atoms with Crippen LogP contribution in [-0.2, 0) is 4.74 Å². The summed E-state index contributed by atoms with van der Waals surface area (Å²) in [4.78, 5) is 2.26. The van der Waals surface area contributed by atoms with Crippen LogP contribution in [0.25, 0.3) is 0 Å². The highest BCUT2D eigenvalue weighted by atomic mass is 79.9. The standard InChI is InChI=1S/C14H20BrNO2/c1-14(2,17)10-16-6-7-18-13(9-16)11-4-3-5-12(15)8-11/h3-5,8,13,17H,6-7,9-10H2,1-2H3. The Kier molecular flexibility index (Phi) is 4.43. The highest BCUT2D eigenvalue weighted by Gasteiger charge is 2.26. The average Bonchev–Trinajstić information content (AvgIpc) is 2.27. The number of benzene rings is 1. The van der Waals surface area contributed by atoms with Crippen molar-refractivity contribution >= 4 is 15.9 Å². The van der Waals surface area contributed by atoms with Gasteiger partial charge < -0.3 is 9.84 Å². The highest BCUT2D eigenvalue weighted by Crippen LogP contribution is 2.25. The molecule has 0 amide bonds. The lowest BCUT2D eigenvalue weighted by Gasteiger charge is -2.36. The van der Waals surface area contributed by atoms with E-state index in [4.69, 9.17) is 4.74 Å². The van der Waals surface area contributed by atoms with Crippen molar-refractivity contribution in [3.8, 4) is 0 Å². The van der Waals surface area contributed by atoms with Gasteiger partial charge in [0.05, 0.1) is 18.3 Å². The first-order chi connectivity index (χ1) is 8.44. The summed E-state index contributed by atoms with van der Waals surface area (Å²) in [5.41, 5.74) is 0.531. The van der Waals surface area contributed by atoms with Crippen molar-refractivity contribution in [2.45, 2.75) is 25.6 Å². The number of hydrogen-bond acceptors (Lipinski definition) is 3. The van der Waals surface area contributed by atoms with Gasteiger partial charge in [0, 0.05) is 24.1 Å². The Balaban J connectivity index is 2.02. The lowest BCUT2D eigenvalue weighted by molar-refractivity contribution is -0.0563. The van der Waals surface area contributed by atoms with Crippen LogP contribution in [0.15, 0.2) is 28.7 Å². The van der Waals surface area contributed by atoms with Crippen LogP contribution in [-0.4, -0.2) is 41.8 Å². The fourth-order valence-electron chi connectivity index (χ4n) is 2.30. The number of β-amino-alcohol motifs (C(OH)–C–C–N with tert-alkyl or cyclic N) is 1. The number of rotatable bonds is 3. The Labute approximate surface area is 117 Å². The van der Waals surface area contributed by atoms with Crippen LogP contribution in [0.5, 0.6) is 0 Å². The van der Waals surface area contributed by atoms with E-state index in [1.807, 2.05) is 26.0 Å². The van der Waals surface area contributed by atoms with Crippen LogP contribution in [0.1, 0.15) is 25.5 Å². The third-order valence-electron chi connectivity index (χ3n) is 2.98. The van der Waals surface area contributed by atoms with Crippen LogP contribution in [0.4, 0.5) is 0 Å². The molecular weight excluding hydrogens is 294 g/mol. The van der Waals surface area contributed by atoms with Crippen molar-refractivity contribution in [2.75, 3.05) is 26.2 Å². The number of ether oxygens (including phenoxy) is 1. The van der Waals surface area contributed by atoms with Crippen LogP contribution in [0.2, 0.25) is 0 Å². The lowest BCUT2D eigenvalue weighted by Crippen LogP contribution is -2.45. The van der Waals surface area contributed by atoms with E-state index < -0.39 is 5.60 Å². The van der Waals surface area contributed by atoms with Gasteiger partial charge in [0.15, 0.2) is 0 Å². The van der Waals surface area contributed by atoms with Gasteiger partial charge in [-0.25, -0.2) is 0 Å². The van der Waals surface area contributed by atoms with E-state index in [0.717, 1.165) is 17.6 Å². The van der Waals surface area contributed by atoms with E-state index >= 15 is 0 Å². The second kappa shape index (κ2) is 5.70. The highest BCUT2D eigenvalue weighted by molar-refractivity contribution is 9.10. The normalized spacial score (nSPS) is 22.1. The van der Waals surface area contributed by atoms with Gasteiger partial charge in [-0.1, -0.05) is 28.1 Å². The van der Waals surface area contributed by atoms with Gasteiger partial charge in [0.25, 0.3) is 0 Å². The van der Waals surface area contributed by atoms with E-state index in [1.165, 1.54) is 5.56 Å². The van der Waals surface area contributed by atoms with Crippen LogP contribution in [0, 0.1) is 0 Å². The molecule has 1 aromatic carbocycles. The molecule has 1 aliphatic heterocycles. The summed E-state index contributed by atoms with van der Waals surface area (Å²) < 4.78 is 6.89. The predicted molar refractivity (Wildman–Crippen MR) is 75.6 cm³/mol. The number of nitrogens with zero attached hydrogens (tertiary/aromatic N) is 1. The topological polar surface area (TPSA) is 32.7 Å². The molecule has 2 rings (SSSR count). The first kappa shape index (κ1) is 14.0. The van der Waals surface area contributed by atoms with Gasteiger partial charge in [-0.3, -0.25) is 4.90 Å². The van der Waals surface area contributed by atoms with E-state index in [2.05, 4.69) is 33.0 Å². The minimum Gasteiger partial charge on any atom is -0.389 e. The van der Waals surface area contributed by atoms with Crippen molar-refractivity contribution in [3.05, 3.63) is 34.3 Å². The smallest absolute Gasteiger partial charge is 0.0952 e. The van der Waals surface area contributed by atoms with Crippen LogP contribution >= 0.6 is 15.9 Å². The first-order valence-electron chi connectivity index (χ1n) is 6.26. The minimum atomic E-state index is -0.654. The molecule has 1 aromatic rings. The molecule has 0 spiro atoms. The molecule has 1 atom stereocenters. The predicted octanol–water partition coefficient (Wildman–Crippen LogP) is 2.59. The summed E-state index contributed by atoms with van der Waals surface area (Å²) in [5.74, 6) is 0. The lowest BCUT2D eigenvalue weighted by atomic mass is 10.1. The van der Waals surface area contributed by atoms with Crippen molar-refractivity contribution in [3.63, 3.8) is 0 Å². The fourth-order valence-corrected chi connectivity index (χ4v) is 2.72. The molecule has 0 radical (unpaired) electrons. The largest absolute Gasteiger partial charge is 0.389 e. The van der Waals surface area contributed by atoms with Gasteiger partial charge in [0.1, 0.15) is 0 Å². The Morgan fingerprint density at radius 1 is 1.50 bits per heavy atom. The summed E-state index contributed by atoms with van der Waals surface area (Å²) in [6.45, 7) is 6.80.